The van der Waals surface area contributed by atoms with Crippen LogP contribution in [0.15, 0.2) is 35.9 Å². The third-order valence-electron chi connectivity index (χ3n) is 9.30. The average Bonchev–Trinajstić information content (AvgIpc) is 3.71. The van der Waals surface area contributed by atoms with E-state index in [0.717, 1.165) is 30.7 Å². The van der Waals surface area contributed by atoms with Crippen molar-refractivity contribution in [3.05, 3.63) is 41.5 Å². The molecule has 2 saturated carbocycles. The molecule has 3 fully saturated rings. The molecule has 2 aliphatic heterocycles. The number of rotatable bonds is 8. The van der Waals surface area contributed by atoms with E-state index >= 15 is 0 Å². The number of aliphatic hydroxyl groups is 2. The maximum atomic E-state index is 13.9. The lowest BCUT2D eigenvalue weighted by atomic mass is 9.77. The van der Waals surface area contributed by atoms with E-state index in [1.165, 1.54) is 19.3 Å². The molecule has 2 bridgehead atoms. The summed E-state index contributed by atoms with van der Waals surface area (Å²) < 4.78 is 12.1. The SMILES string of the molecule is O=C(NCCO)C1=C[C@@H](N(C[C@H]2CCCO2)C(=O)CC2CC3CCC2C3)[C@H](O)[C@H]2Oc3ccccc3[C@@H]12. The van der Waals surface area contributed by atoms with Crippen LogP contribution in [0.5, 0.6) is 5.75 Å². The van der Waals surface area contributed by atoms with Crippen LogP contribution in [0.25, 0.3) is 0 Å². The van der Waals surface area contributed by atoms with Crippen LogP contribution in [-0.2, 0) is 14.3 Å². The maximum absolute atomic E-state index is 13.9. The van der Waals surface area contributed by atoms with Gasteiger partial charge < -0.3 is 29.9 Å². The second-order valence-corrected chi connectivity index (χ2v) is 11.5. The summed E-state index contributed by atoms with van der Waals surface area (Å²) in [4.78, 5) is 29.0. The monoisotopic (exact) mass is 510 g/mol. The summed E-state index contributed by atoms with van der Waals surface area (Å²) in [7, 11) is 0. The van der Waals surface area contributed by atoms with E-state index in [4.69, 9.17) is 9.47 Å². The Morgan fingerprint density at radius 1 is 1.14 bits per heavy atom. The largest absolute Gasteiger partial charge is 0.486 e. The van der Waals surface area contributed by atoms with Gasteiger partial charge in [0.15, 0.2) is 0 Å². The molecule has 0 aromatic heterocycles. The van der Waals surface area contributed by atoms with Crippen molar-refractivity contribution in [2.75, 3.05) is 26.3 Å². The number of nitrogens with zero attached hydrogens (tertiary/aromatic N) is 1. The smallest absolute Gasteiger partial charge is 0.247 e. The van der Waals surface area contributed by atoms with Gasteiger partial charge in [-0.05, 0) is 62.0 Å². The van der Waals surface area contributed by atoms with Crippen LogP contribution in [0, 0.1) is 17.8 Å². The van der Waals surface area contributed by atoms with Crippen LogP contribution >= 0.6 is 0 Å². The number of benzene rings is 1. The molecule has 1 aromatic rings. The summed E-state index contributed by atoms with van der Waals surface area (Å²) in [6, 6.07) is 6.85. The molecule has 2 amide bonds. The van der Waals surface area contributed by atoms with Gasteiger partial charge in [-0.25, -0.2) is 0 Å². The molecule has 37 heavy (non-hydrogen) atoms. The van der Waals surface area contributed by atoms with Crippen molar-refractivity contribution < 1.29 is 29.3 Å². The van der Waals surface area contributed by atoms with Crippen molar-refractivity contribution >= 4 is 11.8 Å². The van der Waals surface area contributed by atoms with Crippen molar-refractivity contribution in [3.63, 3.8) is 0 Å². The van der Waals surface area contributed by atoms with Crippen molar-refractivity contribution in [1.29, 1.82) is 0 Å². The molecule has 3 N–H and O–H groups in total. The van der Waals surface area contributed by atoms with E-state index < -0.39 is 24.2 Å². The predicted molar refractivity (Wildman–Crippen MR) is 136 cm³/mol. The third-order valence-corrected chi connectivity index (χ3v) is 9.30. The summed E-state index contributed by atoms with van der Waals surface area (Å²) in [5.74, 6) is 1.71. The number of amides is 2. The summed E-state index contributed by atoms with van der Waals surface area (Å²) in [5, 5.41) is 23.7. The van der Waals surface area contributed by atoms with Gasteiger partial charge in [0.1, 0.15) is 18.0 Å². The Labute approximate surface area is 218 Å². The minimum absolute atomic E-state index is 0.0254. The molecular formula is C29H38N2O6. The number of hydrogen-bond donors (Lipinski definition) is 3. The molecule has 8 atom stereocenters. The van der Waals surface area contributed by atoms with Crippen LogP contribution in [0.1, 0.15) is 56.4 Å². The molecule has 3 aliphatic carbocycles. The van der Waals surface area contributed by atoms with E-state index in [2.05, 4.69) is 5.32 Å². The lowest BCUT2D eigenvalue weighted by Gasteiger charge is -2.42. The molecular weight excluding hydrogens is 472 g/mol. The first-order chi connectivity index (χ1) is 18.0. The van der Waals surface area contributed by atoms with E-state index in [1.807, 2.05) is 24.3 Å². The first-order valence-corrected chi connectivity index (χ1v) is 14.0. The highest BCUT2D eigenvalue weighted by molar-refractivity contribution is 5.96. The lowest BCUT2D eigenvalue weighted by Crippen LogP contribution is -2.57. The first-order valence-electron chi connectivity index (χ1n) is 14.0. The highest BCUT2D eigenvalue weighted by Crippen LogP contribution is 2.50. The van der Waals surface area contributed by atoms with Gasteiger partial charge in [-0.3, -0.25) is 9.59 Å². The van der Waals surface area contributed by atoms with E-state index in [-0.39, 0.29) is 31.1 Å². The summed E-state index contributed by atoms with van der Waals surface area (Å²) in [6.07, 6.45) is 7.20. The molecule has 1 aromatic carbocycles. The normalized spacial score (nSPS) is 35.5. The Bertz CT molecular complexity index is 1050. The fourth-order valence-electron chi connectivity index (χ4n) is 7.56. The van der Waals surface area contributed by atoms with Crippen molar-refractivity contribution in [1.82, 2.24) is 10.2 Å². The Kier molecular flexibility index (Phi) is 6.99. The summed E-state index contributed by atoms with van der Waals surface area (Å²) >= 11 is 0. The topological polar surface area (TPSA) is 108 Å². The number of hydrogen-bond acceptors (Lipinski definition) is 6. The van der Waals surface area contributed by atoms with Crippen LogP contribution in [-0.4, -0.2) is 77.6 Å². The second kappa shape index (κ2) is 10.4. The predicted octanol–water partition coefficient (Wildman–Crippen LogP) is 2.14. The summed E-state index contributed by atoms with van der Waals surface area (Å²) in [6.45, 7) is 1.04. The van der Waals surface area contributed by atoms with Gasteiger partial charge in [0.05, 0.1) is 24.7 Å². The first kappa shape index (κ1) is 24.9. The highest BCUT2D eigenvalue weighted by atomic mass is 16.5. The van der Waals surface area contributed by atoms with Crippen LogP contribution in [0.3, 0.4) is 0 Å². The molecule has 5 aliphatic rings. The van der Waals surface area contributed by atoms with Crippen molar-refractivity contribution in [2.24, 2.45) is 17.8 Å². The van der Waals surface area contributed by atoms with E-state index in [0.29, 0.717) is 42.7 Å². The van der Waals surface area contributed by atoms with Gasteiger partial charge in [-0.15, -0.1) is 0 Å². The van der Waals surface area contributed by atoms with Gasteiger partial charge in [0.2, 0.25) is 11.8 Å². The zero-order chi connectivity index (χ0) is 25.5. The third kappa shape index (κ3) is 4.68. The van der Waals surface area contributed by atoms with Gasteiger partial charge in [-0.1, -0.05) is 24.6 Å². The highest BCUT2D eigenvalue weighted by Gasteiger charge is 2.51. The fraction of sp³-hybridized carbons (Fsp3) is 0.655. The Morgan fingerprint density at radius 2 is 2.00 bits per heavy atom. The number of carbonyl (C=O) groups excluding carboxylic acids is 2. The number of fused-ring (bicyclic) bond motifs is 5. The Hall–Kier alpha value is -2.42. The molecule has 8 nitrogen and oxygen atoms in total. The molecule has 6 rings (SSSR count). The molecule has 1 saturated heterocycles. The zero-order valence-electron chi connectivity index (χ0n) is 21.3. The van der Waals surface area contributed by atoms with Crippen LogP contribution in [0.4, 0.5) is 0 Å². The van der Waals surface area contributed by atoms with Crippen LogP contribution in [0.2, 0.25) is 0 Å². The molecule has 2 heterocycles. The van der Waals surface area contributed by atoms with Gasteiger partial charge in [-0.2, -0.15) is 0 Å². The van der Waals surface area contributed by atoms with Crippen molar-refractivity contribution in [2.45, 2.75) is 75.2 Å². The number of nitrogens with one attached hydrogen (secondary N) is 1. The van der Waals surface area contributed by atoms with E-state index in [1.54, 1.807) is 11.0 Å². The van der Waals surface area contributed by atoms with Crippen LogP contribution < -0.4 is 10.1 Å². The molecule has 200 valence electrons. The molecule has 8 heteroatoms. The van der Waals surface area contributed by atoms with Gasteiger partial charge >= 0.3 is 0 Å². The number of ether oxygens (including phenoxy) is 2. The Morgan fingerprint density at radius 3 is 2.73 bits per heavy atom. The lowest BCUT2D eigenvalue weighted by molar-refractivity contribution is -0.140. The molecule has 0 radical (unpaired) electrons. The minimum Gasteiger partial charge on any atom is -0.486 e. The number of carbonyl (C=O) groups is 2. The number of para-hydroxylation sites is 1. The molecule has 0 spiro atoms. The van der Waals surface area contributed by atoms with Gasteiger partial charge in [0.25, 0.3) is 0 Å². The minimum atomic E-state index is -0.989. The zero-order valence-corrected chi connectivity index (χ0v) is 21.3. The maximum Gasteiger partial charge on any atom is 0.247 e. The Balaban J connectivity index is 1.32. The average molecular weight is 511 g/mol. The number of aliphatic hydroxyl groups excluding tert-OH is 2. The van der Waals surface area contributed by atoms with E-state index in [9.17, 15) is 19.8 Å². The fourth-order valence-corrected chi connectivity index (χ4v) is 7.56. The summed E-state index contributed by atoms with van der Waals surface area (Å²) in [5.41, 5.74) is 1.33. The molecule has 3 unspecified atom stereocenters. The standard InChI is InChI=1S/C29H38N2O6/c32-10-9-30-29(35)22-15-23(27(34)28-26(22)21-5-1-2-6-24(21)37-28)31(16-20-4-3-11-36-20)25(33)14-19-13-17-7-8-18(19)12-17/h1-2,5-6,15,17-20,23,26-28,32,34H,3-4,7-14,16H2,(H,30,35)/t17?,18?,19?,20-,23-,26+,27+,28+/m1/s1. The second-order valence-electron chi connectivity index (χ2n) is 11.5. The van der Waals surface area contributed by atoms with Gasteiger partial charge in [0, 0.05) is 37.3 Å². The quantitative estimate of drug-likeness (QED) is 0.495. The van der Waals surface area contributed by atoms with Crippen molar-refractivity contribution in [3.8, 4) is 5.75 Å².